The standard InChI is InChI=1S/C22H32N6O5S/c1-13(2)8-16(11-29)23-21-24-19(25-22(26-21)27-34(5,31)32)9-14(3)15-6-7-17-18(10-15)33-12-20(30)28(17)4/h6-7,10,13-14,16,29H,8-9,11-12H2,1-5H3,(H2,23,24,25,26,27)/t14?,16-/m1/s1. The minimum Gasteiger partial charge on any atom is -0.482 e. The van der Waals surface area contributed by atoms with Gasteiger partial charge < -0.3 is 20.1 Å². The van der Waals surface area contributed by atoms with E-state index in [1.165, 1.54) is 0 Å². The molecule has 1 amide bonds. The van der Waals surface area contributed by atoms with Crippen molar-refractivity contribution in [1.82, 2.24) is 15.0 Å². The molecule has 0 fully saturated rings. The van der Waals surface area contributed by atoms with Crippen LogP contribution in [-0.2, 0) is 21.2 Å². The molecule has 1 aromatic heterocycles. The lowest BCUT2D eigenvalue weighted by molar-refractivity contribution is -0.120. The zero-order chi connectivity index (χ0) is 25.0. The molecule has 1 aliphatic rings. The lowest BCUT2D eigenvalue weighted by Crippen LogP contribution is -2.35. The van der Waals surface area contributed by atoms with Crippen molar-refractivity contribution in [3.8, 4) is 5.75 Å². The van der Waals surface area contributed by atoms with Gasteiger partial charge in [-0.25, -0.2) is 8.42 Å². The fourth-order valence-electron chi connectivity index (χ4n) is 3.71. The molecule has 0 radical (unpaired) electrons. The normalized spacial score (nSPS) is 15.5. The molecule has 2 atom stereocenters. The first-order valence-electron chi connectivity index (χ1n) is 11.1. The van der Waals surface area contributed by atoms with Gasteiger partial charge in [-0.15, -0.1) is 0 Å². The summed E-state index contributed by atoms with van der Waals surface area (Å²) in [7, 11) is -1.88. The fraction of sp³-hybridized carbons (Fsp3) is 0.545. The number of sulfonamides is 1. The Labute approximate surface area is 200 Å². The lowest BCUT2D eigenvalue weighted by atomic mass is 9.96. The van der Waals surface area contributed by atoms with Gasteiger partial charge in [0.2, 0.25) is 21.9 Å². The molecule has 0 bridgehead atoms. The largest absolute Gasteiger partial charge is 0.482 e. The summed E-state index contributed by atoms with van der Waals surface area (Å²) in [6.45, 7) is 5.95. The Balaban J connectivity index is 1.86. The van der Waals surface area contributed by atoms with E-state index in [0.717, 1.165) is 11.8 Å². The number of aliphatic hydroxyl groups excluding tert-OH is 1. The molecule has 0 spiro atoms. The fourth-order valence-corrected chi connectivity index (χ4v) is 4.13. The van der Waals surface area contributed by atoms with Crippen molar-refractivity contribution in [3.05, 3.63) is 29.6 Å². The predicted molar refractivity (Wildman–Crippen MR) is 130 cm³/mol. The van der Waals surface area contributed by atoms with Crippen LogP contribution in [0.3, 0.4) is 0 Å². The van der Waals surface area contributed by atoms with E-state index < -0.39 is 10.0 Å². The van der Waals surface area contributed by atoms with Crippen molar-refractivity contribution in [3.63, 3.8) is 0 Å². The minimum absolute atomic E-state index is 0.00719. The van der Waals surface area contributed by atoms with Gasteiger partial charge in [0.25, 0.3) is 5.91 Å². The maximum atomic E-state index is 11.8. The van der Waals surface area contributed by atoms with Gasteiger partial charge in [-0.3, -0.25) is 9.52 Å². The van der Waals surface area contributed by atoms with Gasteiger partial charge in [-0.1, -0.05) is 26.8 Å². The maximum Gasteiger partial charge on any atom is 0.264 e. The molecule has 3 rings (SSSR count). The third-order valence-corrected chi connectivity index (χ3v) is 5.95. The Hall–Kier alpha value is -2.99. The van der Waals surface area contributed by atoms with Crippen LogP contribution in [0.4, 0.5) is 17.6 Å². The van der Waals surface area contributed by atoms with Crippen molar-refractivity contribution in [2.75, 3.05) is 41.5 Å². The number of benzene rings is 1. The zero-order valence-electron chi connectivity index (χ0n) is 20.1. The molecule has 1 aromatic carbocycles. The van der Waals surface area contributed by atoms with E-state index in [1.807, 2.05) is 39.0 Å². The van der Waals surface area contributed by atoms with Crippen LogP contribution < -0.4 is 19.7 Å². The van der Waals surface area contributed by atoms with Crippen LogP contribution in [0.15, 0.2) is 18.2 Å². The van der Waals surface area contributed by atoms with E-state index in [9.17, 15) is 18.3 Å². The van der Waals surface area contributed by atoms with Crippen molar-refractivity contribution in [2.24, 2.45) is 5.92 Å². The van der Waals surface area contributed by atoms with E-state index in [4.69, 9.17) is 4.74 Å². The van der Waals surface area contributed by atoms with Crippen LogP contribution >= 0.6 is 0 Å². The highest BCUT2D eigenvalue weighted by molar-refractivity contribution is 7.91. The third kappa shape index (κ3) is 6.76. The molecule has 1 aliphatic heterocycles. The number of nitrogens with one attached hydrogen (secondary N) is 2. The number of nitrogens with zero attached hydrogens (tertiary/aromatic N) is 4. The van der Waals surface area contributed by atoms with Gasteiger partial charge in [-0.05, 0) is 36.0 Å². The number of aromatic nitrogens is 3. The summed E-state index contributed by atoms with van der Waals surface area (Å²) in [6, 6.07) is 5.37. The quantitative estimate of drug-likeness (QED) is 0.451. The van der Waals surface area contributed by atoms with E-state index in [0.29, 0.717) is 36.0 Å². The summed E-state index contributed by atoms with van der Waals surface area (Å²) >= 11 is 0. The topological polar surface area (TPSA) is 147 Å². The number of aliphatic hydroxyl groups is 1. The number of likely N-dealkylation sites (N-methyl/N-ethyl adjacent to an activating group) is 1. The highest BCUT2D eigenvalue weighted by atomic mass is 32.2. The van der Waals surface area contributed by atoms with Crippen molar-refractivity contribution < 1.29 is 23.1 Å². The molecule has 2 aromatic rings. The number of carbonyl (C=O) groups excluding carboxylic acids is 1. The van der Waals surface area contributed by atoms with Gasteiger partial charge in [0, 0.05) is 13.5 Å². The average molecular weight is 493 g/mol. The van der Waals surface area contributed by atoms with E-state index in [1.54, 1.807) is 11.9 Å². The maximum absolute atomic E-state index is 11.8. The Morgan fingerprint density at radius 2 is 1.88 bits per heavy atom. The Kier molecular flexibility index (Phi) is 7.93. The van der Waals surface area contributed by atoms with Gasteiger partial charge in [0.15, 0.2) is 6.61 Å². The predicted octanol–water partition coefficient (Wildman–Crippen LogP) is 1.76. The number of rotatable bonds is 10. The van der Waals surface area contributed by atoms with Gasteiger partial charge in [-0.2, -0.15) is 15.0 Å². The van der Waals surface area contributed by atoms with Crippen LogP contribution in [0.25, 0.3) is 0 Å². The summed E-state index contributed by atoms with van der Waals surface area (Å²) in [4.78, 5) is 26.3. The number of fused-ring (bicyclic) bond motifs is 1. The first-order valence-corrected chi connectivity index (χ1v) is 13.0. The van der Waals surface area contributed by atoms with E-state index >= 15 is 0 Å². The first-order chi connectivity index (χ1) is 15.9. The highest BCUT2D eigenvalue weighted by Crippen LogP contribution is 2.34. The molecule has 3 N–H and O–H groups in total. The zero-order valence-corrected chi connectivity index (χ0v) is 20.9. The second kappa shape index (κ2) is 10.5. The van der Waals surface area contributed by atoms with Crippen molar-refractivity contribution in [2.45, 2.75) is 45.6 Å². The van der Waals surface area contributed by atoms with Crippen molar-refractivity contribution >= 4 is 33.5 Å². The van der Waals surface area contributed by atoms with E-state index in [-0.39, 0.29) is 43.0 Å². The molecular weight excluding hydrogens is 460 g/mol. The molecular formula is C22H32N6O5S. The van der Waals surface area contributed by atoms with E-state index in [2.05, 4.69) is 25.0 Å². The molecule has 186 valence electrons. The molecule has 0 aliphatic carbocycles. The summed E-state index contributed by atoms with van der Waals surface area (Å²) in [5.74, 6) is 1.31. The van der Waals surface area contributed by atoms with Gasteiger partial charge >= 0.3 is 0 Å². The lowest BCUT2D eigenvalue weighted by Gasteiger charge is -2.27. The molecule has 12 heteroatoms. The number of hydrogen-bond donors (Lipinski definition) is 3. The number of amides is 1. The second-order valence-electron chi connectivity index (χ2n) is 9.00. The molecule has 34 heavy (non-hydrogen) atoms. The first kappa shape index (κ1) is 25.6. The smallest absolute Gasteiger partial charge is 0.264 e. The molecule has 0 saturated carbocycles. The van der Waals surface area contributed by atoms with Crippen LogP contribution in [0.5, 0.6) is 5.75 Å². The summed E-state index contributed by atoms with van der Waals surface area (Å²) in [5, 5.41) is 12.8. The molecule has 11 nitrogen and oxygen atoms in total. The van der Waals surface area contributed by atoms with Crippen LogP contribution in [0, 0.1) is 5.92 Å². The van der Waals surface area contributed by atoms with Crippen LogP contribution in [0.2, 0.25) is 0 Å². The Morgan fingerprint density at radius 1 is 1.18 bits per heavy atom. The molecule has 0 saturated heterocycles. The summed E-state index contributed by atoms with van der Waals surface area (Å²) < 4.78 is 31.4. The average Bonchev–Trinajstić information content (AvgIpc) is 2.74. The summed E-state index contributed by atoms with van der Waals surface area (Å²) in [6.07, 6.45) is 2.11. The number of hydrogen-bond acceptors (Lipinski definition) is 9. The number of anilines is 3. The minimum atomic E-state index is -3.59. The number of carbonyl (C=O) groups is 1. The van der Waals surface area contributed by atoms with Crippen LogP contribution in [-0.4, -0.2) is 66.9 Å². The second-order valence-corrected chi connectivity index (χ2v) is 10.7. The Morgan fingerprint density at radius 3 is 2.53 bits per heavy atom. The van der Waals surface area contributed by atoms with Gasteiger partial charge in [0.1, 0.15) is 11.6 Å². The molecule has 1 unspecified atom stereocenters. The summed E-state index contributed by atoms with van der Waals surface area (Å²) in [5.41, 5.74) is 1.67. The SMILES string of the molecule is CC(C)C[C@H](CO)Nc1nc(CC(C)c2ccc3c(c2)OCC(=O)N3C)nc(NS(C)(=O)=O)n1. The van der Waals surface area contributed by atoms with Crippen LogP contribution in [0.1, 0.15) is 44.5 Å². The molecule has 2 heterocycles. The third-order valence-electron chi connectivity index (χ3n) is 5.40. The van der Waals surface area contributed by atoms with Crippen molar-refractivity contribution in [1.29, 1.82) is 0 Å². The monoisotopic (exact) mass is 492 g/mol. The Bertz CT molecular complexity index is 1140. The highest BCUT2D eigenvalue weighted by Gasteiger charge is 2.23. The number of ether oxygens (including phenoxy) is 1. The van der Waals surface area contributed by atoms with Gasteiger partial charge in [0.05, 0.1) is 24.6 Å².